The monoisotopic (exact) mass is 372 g/mol. The third-order valence-corrected chi connectivity index (χ3v) is 6.17. The summed E-state index contributed by atoms with van der Waals surface area (Å²) < 4.78 is 16.7. The predicted octanol–water partition coefficient (Wildman–Crippen LogP) is 1.91. The minimum absolute atomic E-state index is 0.0286. The molecule has 6 nitrogen and oxygen atoms in total. The molecule has 1 aromatic heterocycles. The zero-order chi connectivity index (χ0) is 19.0. The van der Waals surface area contributed by atoms with Crippen LogP contribution in [0.1, 0.15) is 43.5 Å². The van der Waals surface area contributed by atoms with Gasteiger partial charge in [-0.25, -0.2) is 13.9 Å². The summed E-state index contributed by atoms with van der Waals surface area (Å²) in [4.78, 5) is 24.9. The van der Waals surface area contributed by atoms with E-state index in [4.69, 9.17) is 0 Å². The van der Waals surface area contributed by atoms with Gasteiger partial charge < -0.3 is 5.32 Å². The zero-order valence-electron chi connectivity index (χ0n) is 15.6. The van der Waals surface area contributed by atoms with E-state index in [1.165, 1.54) is 10.7 Å². The molecule has 7 heteroatoms. The van der Waals surface area contributed by atoms with E-state index in [1.54, 1.807) is 23.7 Å². The molecule has 1 N–H and O–H groups in total. The van der Waals surface area contributed by atoms with Crippen LogP contribution in [-0.2, 0) is 30.2 Å². The molecule has 2 heterocycles. The largest absolute Gasteiger partial charge is 0.355 e. The van der Waals surface area contributed by atoms with Gasteiger partial charge >= 0.3 is 5.69 Å². The molecule has 0 unspecified atom stereocenters. The minimum atomic E-state index is -0.235. The van der Waals surface area contributed by atoms with Gasteiger partial charge in [0.05, 0.1) is 5.92 Å². The fourth-order valence-corrected chi connectivity index (χ4v) is 4.59. The SMILES string of the molecule is Cn1nc2n(c1=O)C[C@@H](C(=O)NCC1(c3cccc(F)c3)CCCC1)CC2. The number of hydrogen-bond acceptors (Lipinski definition) is 3. The predicted molar refractivity (Wildman–Crippen MR) is 98.8 cm³/mol. The van der Waals surface area contributed by atoms with E-state index < -0.39 is 0 Å². The van der Waals surface area contributed by atoms with E-state index in [9.17, 15) is 14.0 Å². The van der Waals surface area contributed by atoms with Crippen LogP contribution < -0.4 is 11.0 Å². The summed E-state index contributed by atoms with van der Waals surface area (Å²) in [6.45, 7) is 0.890. The van der Waals surface area contributed by atoms with Crippen LogP contribution in [0.4, 0.5) is 4.39 Å². The number of aromatic nitrogens is 3. The standard InChI is InChI=1S/C20H25FN4O2/c1-24-19(27)25-12-14(7-8-17(25)23-24)18(26)22-13-20(9-2-3-10-20)15-5-4-6-16(21)11-15/h4-6,11,14H,2-3,7-10,12-13H2,1H3,(H,22,26)/t14-/m0/s1. The topological polar surface area (TPSA) is 68.9 Å². The van der Waals surface area contributed by atoms with Crippen LogP contribution >= 0.6 is 0 Å². The Balaban J connectivity index is 1.46. The highest BCUT2D eigenvalue weighted by Crippen LogP contribution is 2.40. The van der Waals surface area contributed by atoms with Gasteiger partial charge in [0.2, 0.25) is 5.91 Å². The first-order chi connectivity index (χ1) is 13.0. The van der Waals surface area contributed by atoms with Crippen molar-refractivity contribution in [1.29, 1.82) is 0 Å². The highest BCUT2D eigenvalue weighted by molar-refractivity contribution is 5.78. The zero-order valence-corrected chi connectivity index (χ0v) is 15.6. The van der Waals surface area contributed by atoms with Crippen molar-refractivity contribution in [3.05, 3.63) is 52.0 Å². The Bertz CT molecular complexity index is 911. The summed E-state index contributed by atoms with van der Waals surface area (Å²) >= 11 is 0. The molecule has 0 saturated heterocycles. The summed E-state index contributed by atoms with van der Waals surface area (Å²) in [5, 5.41) is 7.32. The molecule has 1 aliphatic heterocycles. The van der Waals surface area contributed by atoms with Gasteiger partial charge in [0.15, 0.2) is 0 Å². The Kier molecular flexibility index (Phi) is 4.61. The van der Waals surface area contributed by atoms with Crippen LogP contribution in [-0.4, -0.2) is 26.8 Å². The molecule has 0 radical (unpaired) electrons. The average molecular weight is 372 g/mol. The van der Waals surface area contributed by atoms with E-state index in [-0.39, 0.29) is 28.7 Å². The molecule has 1 aliphatic carbocycles. The van der Waals surface area contributed by atoms with Gasteiger partial charge in [-0.2, -0.15) is 5.10 Å². The van der Waals surface area contributed by atoms with Crippen LogP contribution in [0.3, 0.4) is 0 Å². The maximum Gasteiger partial charge on any atom is 0.345 e. The second kappa shape index (κ2) is 6.94. The number of carbonyl (C=O) groups excluding carboxylic acids is 1. The van der Waals surface area contributed by atoms with Crippen molar-refractivity contribution in [2.24, 2.45) is 13.0 Å². The number of nitrogens with one attached hydrogen (secondary N) is 1. The number of carbonyl (C=O) groups is 1. The highest BCUT2D eigenvalue weighted by Gasteiger charge is 2.37. The summed E-state index contributed by atoms with van der Waals surface area (Å²) in [5.74, 6) is 0.254. The Morgan fingerprint density at radius 3 is 2.89 bits per heavy atom. The number of amides is 1. The van der Waals surface area contributed by atoms with Gasteiger partial charge in [-0.3, -0.25) is 9.36 Å². The van der Waals surface area contributed by atoms with E-state index in [1.807, 2.05) is 6.07 Å². The van der Waals surface area contributed by atoms with Gasteiger partial charge in [-0.1, -0.05) is 25.0 Å². The van der Waals surface area contributed by atoms with Crippen LogP contribution in [0.5, 0.6) is 0 Å². The molecule has 144 valence electrons. The van der Waals surface area contributed by atoms with E-state index in [0.717, 1.165) is 37.1 Å². The number of halogens is 1. The Labute approximate surface area is 157 Å². The summed E-state index contributed by atoms with van der Waals surface area (Å²) in [6.07, 6.45) is 5.40. The molecule has 1 amide bonds. The molecule has 27 heavy (non-hydrogen) atoms. The van der Waals surface area contributed by atoms with Crippen molar-refractivity contribution in [2.45, 2.75) is 50.5 Å². The quantitative estimate of drug-likeness (QED) is 0.891. The Hall–Kier alpha value is -2.44. The molecule has 4 rings (SSSR count). The first-order valence-electron chi connectivity index (χ1n) is 9.65. The second-order valence-electron chi connectivity index (χ2n) is 7.88. The van der Waals surface area contributed by atoms with Crippen molar-refractivity contribution in [2.75, 3.05) is 6.54 Å². The van der Waals surface area contributed by atoms with Gasteiger partial charge in [0.25, 0.3) is 0 Å². The van der Waals surface area contributed by atoms with E-state index in [0.29, 0.717) is 25.9 Å². The fourth-order valence-electron chi connectivity index (χ4n) is 4.59. The normalized spacial score (nSPS) is 21.0. The van der Waals surface area contributed by atoms with Gasteiger partial charge in [-0.15, -0.1) is 0 Å². The number of nitrogens with zero attached hydrogens (tertiary/aromatic N) is 3. The van der Waals surface area contributed by atoms with E-state index >= 15 is 0 Å². The van der Waals surface area contributed by atoms with Crippen molar-refractivity contribution in [1.82, 2.24) is 19.7 Å². The maximum absolute atomic E-state index is 13.7. The van der Waals surface area contributed by atoms with Crippen LogP contribution in [0.15, 0.2) is 29.1 Å². The van der Waals surface area contributed by atoms with Crippen LogP contribution in [0.25, 0.3) is 0 Å². The molecular weight excluding hydrogens is 347 g/mol. The molecule has 1 saturated carbocycles. The maximum atomic E-state index is 13.7. The van der Waals surface area contributed by atoms with Gasteiger partial charge in [0, 0.05) is 32.0 Å². The molecule has 1 fully saturated rings. The van der Waals surface area contributed by atoms with Crippen LogP contribution in [0.2, 0.25) is 0 Å². The highest BCUT2D eigenvalue weighted by atomic mass is 19.1. The lowest BCUT2D eigenvalue weighted by Crippen LogP contribution is -2.44. The van der Waals surface area contributed by atoms with Gasteiger partial charge in [0.1, 0.15) is 11.6 Å². The van der Waals surface area contributed by atoms with Crippen LogP contribution in [0, 0.1) is 11.7 Å². The molecule has 2 aliphatic rings. The third kappa shape index (κ3) is 3.31. The molecule has 0 spiro atoms. The number of aryl methyl sites for hydroxylation is 2. The van der Waals surface area contributed by atoms with Crippen molar-refractivity contribution in [3.63, 3.8) is 0 Å². The smallest absolute Gasteiger partial charge is 0.345 e. The molecule has 1 aromatic carbocycles. The molecule has 2 aromatic rings. The Morgan fingerprint density at radius 1 is 1.37 bits per heavy atom. The Morgan fingerprint density at radius 2 is 2.15 bits per heavy atom. The summed E-state index contributed by atoms with van der Waals surface area (Å²) in [5.41, 5.74) is 0.604. The lowest BCUT2D eigenvalue weighted by Gasteiger charge is -2.31. The third-order valence-electron chi connectivity index (χ3n) is 6.17. The number of fused-ring (bicyclic) bond motifs is 1. The number of hydrogen-bond donors (Lipinski definition) is 1. The van der Waals surface area contributed by atoms with Crippen molar-refractivity contribution in [3.8, 4) is 0 Å². The number of benzene rings is 1. The summed E-state index contributed by atoms with van der Waals surface area (Å²) in [7, 11) is 1.63. The second-order valence-corrected chi connectivity index (χ2v) is 7.88. The molecule has 0 bridgehead atoms. The summed E-state index contributed by atoms with van der Waals surface area (Å²) in [6, 6.07) is 6.75. The fraction of sp³-hybridized carbons (Fsp3) is 0.550. The minimum Gasteiger partial charge on any atom is -0.355 e. The first-order valence-corrected chi connectivity index (χ1v) is 9.65. The van der Waals surface area contributed by atoms with Crippen molar-refractivity contribution >= 4 is 5.91 Å². The average Bonchev–Trinajstić information content (AvgIpc) is 3.26. The number of rotatable bonds is 4. The first kappa shape index (κ1) is 17.9. The van der Waals surface area contributed by atoms with Gasteiger partial charge in [-0.05, 0) is 37.0 Å². The van der Waals surface area contributed by atoms with E-state index in [2.05, 4.69) is 10.4 Å². The molecule has 1 atom stereocenters. The lowest BCUT2D eigenvalue weighted by atomic mass is 9.78. The van der Waals surface area contributed by atoms with Crippen molar-refractivity contribution < 1.29 is 9.18 Å². The molecular formula is C20H25FN4O2. The lowest BCUT2D eigenvalue weighted by molar-refractivity contribution is -0.126.